The molecule has 0 atom stereocenters. The summed E-state index contributed by atoms with van der Waals surface area (Å²) in [6, 6.07) is 9.62. The number of aromatic amines is 1. The van der Waals surface area contributed by atoms with Gasteiger partial charge in [0.25, 0.3) is 5.91 Å². The van der Waals surface area contributed by atoms with Crippen LogP contribution in [-0.2, 0) is 16.0 Å². The molecule has 0 radical (unpaired) electrons. The fraction of sp³-hybridized carbons (Fsp3) is 0.190. The third-order valence-electron chi connectivity index (χ3n) is 4.68. The van der Waals surface area contributed by atoms with Crippen molar-refractivity contribution < 1.29 is 14.3 Å². The molecule has 28 heavy (non-hydrogen) atoms. The van der Waals surface area contributed by atoms with Crippen LogP contribution in [0.1, 0.15) is 28.5 Å². The van der Waals surface area contributed by atoms with Crippen LogP contribution in [0.3, 0.4) is 0 Å². The molecule has 7 heteroatoms. The van der Waals surface area contributed by atoms with Gasteiger partial charge in [0, 0.05) is 40.5 Å². The summed E-state index contributed by atoms with van der Waals surface area (Å²) in [5, 5.41) is 1.05. The van der Waals surface area contributed by atoms with E-state index in [1.807, 2.05) is 24.3 Å². The Bertz CT molecular complexity index is 1100. The number of hydrogen-bond donors (Lipinski definition) is 1. The minimum absolute atomic E-state index is 0.218. The van der Waals surface area contributed by atoms with Crippen molar-refractivity contribution >= 4 is 44.3 Å². The van der Waals surface area contributed by atoms with Gasteiger partial charge in [-0.2, -0.15) is 0 Å². The summed E-state index contributed by atoms with van der Waals surface area (Å²) in [4.78, 5) is 34.7. The first kappa shape index (κ1) is 18.4. The van der Waals surface area contributed by atoms with Crippen molar-refractivity contribution in [2.75, 3.05) is 13.2 Å². The van der Waals surface area contributed by atoms with Crippen molar-refractivity contribution in [2.45, 2.75) is 13.3 Å². The summed E-state index contributed by atoms with van der Waals surface area (Å²) in [5.74, 6) is -0.674. The van der Waals surface area contributed by atoms with Crippen LogP contribution >= 0.6 is 15.9 Å². The van der Waals surface area contributed by atoms with Gasteiger partial charge in [0.15, 0.2) is 0 Å². The van der Waals surface area contributed by atoms with Crippen LogP contribution in [0.5, 0.6) is 0 Å². The maximum Gasteiger partial charge on any atom is 0.341 e. The van der Waals surface area contributed by atoms with Gasteiger partial charge in [-0.1, -0.05) is 18.2 Å². The number of fused-ring (bicyclic) bond motifs is 3. The standard InChI is InChI=1S/C21H18BrN3O3/c1-2-28-21(27)17-12-25(20(26)13-9-14(22)11-23-10-13)8-7-16-15-5-3-4-6-18(15)24-19(16)17/h3-6,9-12,24H,2,7-8H2,1H3. The molecule has 0 fully saturated rings. The summed E-state index contributed by atoms with van der Waals surface area (Å²) in [5.41, 5.74) is 3.48. The number of aromatic nitrogens is 2. The lowest BCUT2D eigenvalue weighted by Crippen LogP contribution is -2.28. The Morgan fingerprint density at radius 1 is 1.29 bits per heavy atom. The smallest absolute Gasteiger partial charge is 0.341 e. The molecule has 0 unspecified atom stereocenters. The van der Waals surface area contributed by atoms with E-state index in [-0.39, 0.29) is 12.5 Å². The van der Waals surface area contributed by atoms with Crippen LogP contribution in [0.2, 0.25) is 0 Å². The second-order valence-electron chi connectivity index (χ2n) is 6.43. The van der Waals surface area contributed by atoms with Gasteiger partial charge in [-0.05, 0) is 47.0 Å². The summed E-state index contributed by atoms with van der Waals surface area (Å²) in [6.45, 7) is 2.47. The molecule has 3 aromatic rings. The average molecular weight is 440 g/mol. The van der Waals surface area contributed by atoms with Gasteiger partial charge in [-0.15, -0.1) is 0 Å². The number of H-pyrrole nitrogens is 1. The highest BCUT2D eigenvalue weighted by atomic mass is 79.9. The van der Waals surface area contributed by atoms with E-state index in [4.69, 9.17) is 4.74 Å². The predicted octanol–water partition coefficient (Wildman–Crippen LogP) is 3.93. The van der Waals surface area contributed by atoms with E-state index in [2.05, 4.69) is 25.9 Å². The van der Waals surface area contributed by atoms with Crippen LogP contribution in [-0.4, -0.2) is 39.9 Å². The van der Waals surface area contributed by atoms with Gasteiger partial charge >= 0.3 is 5.97 Å². The fourth-order valence-corrected chi connectivity index (χ4v) is 3.79. The van der Waals surface area contributed by atoms with Crippen LogP contribution in [0, 0.1) is 0 Å². The lowest BCUT2D eigenvalue weighted by Gasteiger charge is -2.17. The topological polar surface area (TPSA) is 75.3 Å². The Morgan fingerprint density at radius 3 is 2.89 bits per heavy atom. The molecule has 2 aromatic heterocycles. The maximum absolute atomic E-state index is 13.0. The van der Waals surface area contributed by atoms with Crippen LogP contribution in [0.15, 0.2) is 53.4 Å². The number of nitrogens with zero attached hydrogens (tertiary/aromatic N) is 2. The largest absolute Gasteiger partial charge is 0.462 e. The number of carbonyl (C=O) groups is 2. The van der Waals surface area contributed by atoms with Gasteiger partial charge in [-0.25, -0.2) is 4.79 Å². The molecular weight excluding hydrogens is 422 g/mol. The van der Waals surface area contributed by atoms with E-state index in [9.17, 15) is 9.59 Å². The van der Waals surface area contributed by atoms with E-state index >= 15 is 0 Å². The molecule has 0 bridgehead atoms. The van der Waals surface area contributed by atoms with E-state index in [1.54, 1.807) is 30.3 Å². The molecule has 3 heterocycles. The highest BCUT2D eigenvalue weighted by molar-refractivity contribution is 9.10. The molecule has 142 valence electrons. The van der Waals surface area contributed by atoms with Crippen LogP contribution < -0.4 is 0 Å². The van der Waals surface area contributed by atoms with Gasteiger partial charge in [-0.3, -0.25) is 9.78 Å². The van der Waals surface area contributed by atoms with Crippen LogP contribution in [0.4, 0.5) is 0 Å². The third kappa shape index (κ3) is 3.33. The number of amides is 1. The number of nitrogens with one attached hydrogen (secondary N) is 1. The molecular formula is C21H18BrN3O3. The number of ether oxygens (including phenoxy) is 1. The average Bonchev–Trinajstić information content (AvgIpc) is 2.95. The summed E-state index contributed by atoms with van der Waals surface area (Å²) in [7, 11) is 0. The molecule has 4 rings (SSSR count). The molecule has 1 aliphatic heterocycles. The first-order valence-corrected chi connectivity index (χ1v) is 9.78. The van der Waals surface area contributed by atoms with E-state index in [0.717, 1.165) is 20.9 Å². The zero-order chi connectivity index (χ0) is 19.7. The quantitative estimate of drug-likeness (QED) is 0.627. The summed E-state index contributed by atoms with van der Waals surface area (Å²) in [6.07, 6.45) is 5.34. The number of benzene rings is 1. The molecule has 0 saturated heterocycles. The number of halogens is 1. The number of hydrogen-bond acceptors (Lipinski definition) is 4. The van der Waals surface area contributed by atoms with Gasteiger partial charge in [0.05, 0.1) is 23.4 Å². The van der Waals surface area contributed by atoms with Gasteiger partial charge < -0.3 is 14.6 Å². The normalized spacial score (nSPS) is 13.6. The highest BCUT2D eigenvalue weighted by Gasteiger charge is 2.27. The van der Waals surface area contributed by atoms with Gasteiger partial charge in [0.2, 0.25) is 0 Å². The lowest BCUT2D eigenvalue weighted by molar-refractivity contribution is -0.136. The van der Waals surface area contributed by atoms with E-state index in [0.29, 0.717) is 29.8 Å². The molecule has 1 N–H and O–H groups in total. The third-order valence-corrected chi connectivity index (χ3v) is 5.11. The van der Waals surface area contributed by atoms with E-state index in [1.165, 1.54) is 6.20 Å². The van der Waals surface area contributed by atoms with Crippen molar-refractivity contribution in [1.29, 1.82) is 0 Å². The fourth-order valence-electron chi connectivity index (χ4n) is 3.43. The Balaban J connectivity index is 1.80. The number of esters is 1. The number of para-hydroxylation sites is 1. The summed E-state index contributed by atoms with van der Waals surface area (Å²) < 4.78 is 5.98. The Kier molecular flexibility index (Phi) is 5.00. The number of carbonyl (C=O) groups excluding carboxylic acids is 2. The first-order chi connectivity index (χ1) is 13.6. The molecule has 1 aromatic carbocycles. The van der Waals surface area contributed by atoms with Crippen LogP contribution in [0.25, 0.3) is 16.5 Å². The van der Waals surface area contributed by atoms with Crippen molar-refractivity contribution in [1.82, 2.24) is 14.9 Å². The van der Waals surface area contributed by atoms with E-state index < -0.39 is 5.97 Å². The van der Waals surface area contributed by atoms with Crippen molar-refractivity contribution in [3.05, 3.63) is 70.2 Å². The van der Waals surface area contributed by atoms with Crippen molar-refractivity contribution in [3.8, 4) is 0 Å². The minimum atomic E-state index is -0.456. The first-order valence-electron chi connectivity index (χ1n) is 8.99. The monoisotopic (exact) mass is 439 g/mol. The minimum Gasteiger partial charge on any atom is -0.462 e. The second kappa shape index (κ2) is 7.59. The van der Waals surface area contributed by atoms with Crippen molar-refractivity contribution in [2.24, 2.45) is 0 Å². The lowest BCUT2D eigenvalue weighted by atomic mass is 10.0. The molecule has 1 aliphatic rings. The second-order valence-corrected chi connectivity index (χ2v) is 7.34. The maximum atomic E-state index is 13.0. The van der Waals surface area contributed by atoms with Crippen molar-refractivity contribution in [3.63, 3.8) is 0 Å². The molecule has 6 nitrogen and oxygen atoms in total. The Morgan fingerprint density at radius 2 is 2.11 bits per heavy atom. The Hall–Kier alpha value is -2.93. The zero-order valence-electron chi connectivity index (χ0n) is 15.2. The molecule has 1 amide bonds. The summed E-state index contributed by atoms with van der Waals surface area (Å²) >= 11 is 3.34. The molecule has 0 saturated carbocycles. The number of rotatable bonds is 3. The highest BCUT2D eigenvalue weighted by Crippen LogP contribution is 2.31. The Labute approximate surface area is 170 Å². The zero-order valence-corrected chi connectivity index (χ0v) is 16.8. The molecule has 0 spiro atoms. The predicted molar refractivity (Wildman–Crippen MR) is 110 cm³/mol. The number of pyridine rings is 1. The molecule has 0 aliphatic carbocycles. The van der Waals surface area contributed by atoms with Gasteiger partial charge in [0.1, 0.15) is 0 Å². The SMILES string of the molecule is CCOC(=O)C1=CN(C(=O)c2cncc(Br)c2)CCc2c1[nH]c1ccccc21.